The van der Waals surface area contributed by atoms with E-state index in [-0.39, 0.29) is 0 Å². The van der Waals surface area contributed by atoms with Crippen molar-refractivity contribution in [2.24, 2.45) is 5.73 Å². The number of carbonyl (C=O) groups is 2. The molecule has 2 aromatic rings. The van der Waals surface area contributed by atoms with E-state index in [1.807, 2.05) is 18.3 Å². The molecule has 9 heteroatoms. The number of thioether (sulfide) groups is 1. The third kappa shape index (κ3) is 3.81. The molecule has 3 N–H and O–H groups in total. The number of aryl methyl sites for hydroxylation is 1. The Kier molecular flexibility index (Phi) is 5.22. The summed E-state index contributed by atoms with van der Waals surface area (Å²) in [6.45, 7) is 7.72. The molecule has 0 saturated carbocycles. The average Bonchev–Trinajstić information content (AvgIpc) is 3.05. The Morgan fingerprint density at radius 1 is 1.57 bits per heavy atom. The second kappa shape index (κ2) is 7.14. The number of nitrogens with zero attached hydrogens (tertiary/aromatic N) is 3. The van der Waals surface area contributed by atoms with Gasteiger partial charge in [0.15, 0.2) is 10.9 Å². The minimum absolute atomic E-state index is 0.453. The fraction of sp³-hybridized carbons (Fsp3) is 0.286. The number of amides is 3. The quantitative estimate of drug-likeness (QED) is 0.613. The third-order valence-electron chi connectivity index (χ3n) is 2.99. The first-order valence-corrected chi connectivity index (χ1v) is 7.67. The second-order valence-electron chi connectivity index (χ2n) is 4.75. The monoisotopic (exact) mass is 335 g/mol. The van der Waals surface area contributed by atoms with E-state index < -0.39 is 17.2 Å². The highest BCUT2D eigenvalue weighted by molar-refractivity contribution is 8.00. The SMILES string of the molecule is C=CCn1c(S[C@H](C)C(=O)NC(N)=O)nnc1-c1occc1C. The zero-order valence-electron chi connectivity index (χ0n) is 12.8. The van der Waals surface area contributed by atoms with E-state index in [9.17, 15) is 9.59 Å². The summed E-state index contributed by atoms with van der Waals surface area (Å²) in [5.41, 5.74) is 5.88. The summed E-state index contributed by atoms with van der Waals surface area (Å²) in [6.07, 6.45) is 3.27. The number of nitrogens with two attached hydrogens (primary N) is 1. The topological polar surface area (TPSA) is 116 Å². The number of aromatic nitrogens is 3. The molecule has 1 atom stereocenters. The average molecular weight is 335 g/mol. The molecular formula is C14H17N5O3S. The van der Waals surface area contributed by atoms with E-state index in [4.69, 9.17) is 10.2 Å². The van der Waals surface area contributed by atoms with Crippen molar-refractivity contribution in [2.75, 3.05) is 0 Å². The van der Waals surface area contributed by atoms with Crippen molar-refractivity contribution >= 4 is 23.7 Å². The van der Waals surface area contributed by atoms with Crippen molar-refractivity contribution in [3.05, 3.63) is 30.5 Å². The Balaban J connectivity index is 2.28. The molecule has 2 aromatic heterocycles. The van der Waals surface area contributed by atoms with E-state index in [0.29, 0.717) is 23.3 Å². The molecule has 2 heterocycles. The van der Waals surface area contributed by atoms with Gasteiger partial charge < -0.3 is 10.2 Å². The Labute approximate surface area is 137 Å². The first kappa shape index (κ1) is 16.8. The number of allylic oxidation sites excluding steroid dienone is 1. The number of hydrogen-bond acceptors (Lipinski definition) is 6. The molecule has 0 fully saturated rings. The summed E-state index contributed by atoms with van der Waals surface area (Å²) in [6, 6.07) is 0.944. The van der Waals surface area contributed by atoms with Gasteiger partial charge in [0.25, 0.3) is 0 Å². The first-order valence-electron chi connectivity index (χ1n) is 6.79. The molecular weight excluding hydrogens is 318 g/mol. The molecule has 2 rings (SSSR count). The molecule has 0 unspecified atom stereocenters. The normalized spacial score (nSPS) is 11.9. The summed E-state index contributed by atoms with van der Waals surface area (Å²) in [5, 5.41) is 10.2. The highest BCUT2D eigenvalue weighted by Gasteiger charge is 2.22. The van der Waals surface area contributed by atoms with Crippen LogP contribution < -0.4 is 11.1 Å². The van der Waals surface area contributed by atoms with Gasteiger partial charge in [-0.2, -0.15) is 0 Å². The zero-order valence-corrected chi connectivity index (χ0v) is 13.6. The predicted molar refractivity (Wildman–Crippen MR) is 85.7 cm³/mol. The predicted octanol–water partition coefficient (Wildman–Crippen LogP) is 1.71. The lowest BCUT2D eigenvalue weighted by atomic mass is 10.3. The van der Waals surface area contributed by atoms with Crippen LogP contribution in [0.25, 0.3) is 11.6 Å². The van der Waals surface area contributed by atoms with Crippen molar-refractivity contribution in [1.29, 1.82) is 0 Å². The van der Waals surface area contributed by atoms with Crippen molar-refractivity contribution < 1.29 is 14.0 Å². The van der Waals surface area contributed by atoms with Crippen molar-refractivity contribution in [2.45, 2.75) is 30.8 Å². The number of rotatable bonds is 6. The molecule has 122 valence electrons. The second-order valence-corrected chi connectivity index (χ2v) is 6.06. The van der Waals surface area contributed by atoms with Gasteiger partial charge >= 0.3 is 6.03 Å². The number of nitrogens with one attached hydrogen (secondary N) is 1. The molecule has 0 aliphatic rings. The van der Waals surface area contributed by atoms with Gasteiger partial charge in [0.2, 0.25) is 11.7 Å². The van der Waals surface area contributed by atoms with Crippen LogP contribution >= 0.6 is 11.8 Å². The third-order valence-corrected chi connectivity index (χ3v) is 4.07. The lowest BCUT2D eigenvalue weighted by molar-refractivity contribution is -0.119. The lowest BCUT2D eigenvalue weighted by Gasteiger charge is -2.11. The molecule has 0 aromatic carbocycles. The summed E-state index contributed by atoms with van der Waals surface area (Å²) < 4.78 is 7.24. The van der Waals surface area contributed by atoms with Crippen molar-refractivity contribution in [3.8, 4) is 11.6 Å². The molecule has 23 heavy (non-hydrogen) atoms. The molecule has 0 spiro atoms. The minimum atomic E-state index is -0.887. The smallest absolute Gasteiger partial charge is 0.318 e. The molecule has 0 aliphatic carbocycles. The van der Waals surface area contributed by atoms with Crippen molar-refractivity contribution in [1.82, 2.24) is 20.1 Å². The number of urea groups is 1. The number of primary amides is 1. The Morgan fingerprint density at radius 2 is 2.30 bits per heavy atom. The van der Waals surface area contributed by atoms with Gasteiger partial charge in [0, 0.05) is 6.54 Å². The summed E-state index contributed by atoms with van der Waals surface area (Å²) in [7, 11) is 0. The van der Waals surface area contributed by atoms with Gasteiger partial charge in [0.1, 0.15) is 0 Å². The maximum absolute atomic E-state index is 11.8. The van der Waals surface area contributed by atoms with Gasteiger partial charge in [-0.3, -0.25) is 14.7 Å². The van der Waals surface area contributed by atoms with Crippen LogP contribution in [0.15, 0.2) is 34.6 Å². The standard InChI is InChI=1S/C14H17N5O3S/c1-4-6-19-11(10-8(2)5-7-22-10)17-18-14(19)23-9(3)12(20)16-13(15)21/h4-5,7,9H,1,6H2,2-3H3,(H3,15,16,20,21)/t9-/m1/s1. The van der Waals surface area contributed by atoms with Crippen LogP contribution in [-0.2, 0) is 11.3 Å². The fourth-order valence-electron chi connectivity index (χ4n) is 1.87. The maximum atomic E-state index is 11.8. The van der Waals surface area contributed by atoms with Crippen molar-refractivity contribution in [3.63, 3.8) is 0 Å². The number of carbonyl (C=O) groups excluding carboxylic acids is 2. The van der Waals surface area contributed by atoms with Crippen LogP contribution in [0, 0.1) is 6.92 Å². The largest absolute Gasteiger partial charge is 0.461 e. The van der Waals surface area contributed by atoms with E-state index in [2.05, 4.69) is 16.8 Å². The first-order chi connectivity index (χ1) is 10.9. The van der Waals surface area contributed by atoms with Gasteiger partial charge in [0.05, 0.1) is 11.5 Å². The summed E-state index contributed by atoms with van der Waals surface area (Å²) >= 11 is 1.16. The summed E-state index contributed by atoms with van der Waals surface area (Å²) in [4.78, 5) is 22.5. The van der Waals surface area contributed by atoms with Gasteiger partial charge in [-0.25, -0.2) is 4.79 Å². The Hall–Kier alpha value is -2.55. The molecule has 3 amide bonds. The van der Waals surface area contributed by atoms with Gasteiger partial charge in [-0.15, -0.1) is 16.8 Å². The van der Waals surface area contributed by atoms with Gasteiger partial charge in [-0.1, -0.05) is 17.8 Å². The Bertz CT molecular complexity index is 737. The molecule has 0 radical (unpaired) electrons. The zero-order chi connectivity index (χ0) is 17.0. The number of hydrogen-bond donors (Lipinski definition) is 2. The van der Waals surface area contributed by atoms with Gasteiger partial charge in [-0.05, 0) is 25.5 Å². The number of furan rings is 1. The molecule has 8 nitrogen and oxygen atoms in total. The molecule has 0 bridgehead atoms. The van der Waals surface area contributed by atoms with Crippen LogP contribution in [0.5, 0.6) is 0 Å². The van der Waals surface area contributed by atoms with Crippen LogP contribution in [0.1, 0.15) is 12.5 Å². The number of imide groups is 1. The Morgan fingerprint density at radius 3 is 2.87 bits per heavy atom. The van der Waals surface area contributed by atoms with Crippen LogP contribution in [0.3, 0.4) is 0 Å². The van der Waals surface area contributed by atoms with E-state index in [1.54, 1.807) is 23.8 Å². The van der Waals surface area contributed by atoms with E-state index in [0.717, 1.165) is 17.3 Å². The van der Waals surface area contributed by atoms with Crippen LogP contribution in [0.2, 0.25) is 0 Å². The van der Waals surface area contributed by atoms with Crippen LogP contribution in [0.4, 0.5) is 4.79 Å². The van der Waals surface area contributed by atoms with Crippen LogP contribution in [-0.4, -0.2) is 32.0 Å². The molecule has 0 saturated heterocycles. The van der Waals surface area contributed by atoms with E-state index in [1.165, 1.54) is 0 Å². The summed E-state index contributed by atoms with van der Waals surface area (Å²) in [5.74, 6) is 0.671. The maximum Gasteiger partial charge on any atom is 0.318 e. The minimum Gasteiger partial charge on any atom is -0.461 e. The highest BCUT2D eigenvalue weighted by Crippen LogP contribution is 2.28. The fourth-order valence-corrected chi connectivity index (χ4v) is 2.73. The van der Waals surface area contributed by atoms with E-state index >= 15 is 0 Å². The highest BCUT2D eigenvalue weighted by atomic mass is 32.2. The lowest BCUT2D eigenvalue weighted by Crippen LogP contribution is -2.39. The molecule has 0 aliphatic heterocycles.